The molecule has 0 aromatic heterocycles. The normalized spacial score (nSPS) is 21.0. The lowest BCUT2D eigenvalue weighted by atomic mass is 10.1. The molecular weight excluding hydrogens is 234 g/mol. The highest BCUT2D eigenvalue weighted by Gasteiger charge is 2.40. The van der Waals surface area contributed by atoms with Crippen LogP contribution in [-0.2, 0) is 13.3 Å². The van der Waals surface area contributed by atoms with Gasteiger partial charge < -0.3 is 18.6 Å². The van der Waals surface area contributed by atoms with Gasteiger partial charge >= 0.3 is 8.80 Å². The first kappa shape index (κ1) is 15.1. The van der Waals surface area contributed by atoms with Crippen LogP contribution in [0.4, 0.5) is 0 Å². The molecule has 1 unspecified atom stereocenters. The Labute approximate surface area is 106 Å². The largest absolute Gasteiger partial charge is 0.500 e. The van der Waals surface area contributed by atoms with Crippen LogP contribution in [0.1, 0.15) is 33.6 Å². The third-order valence-electron chi connectivity index (χ3n) is 3.11. The second-order valence-electron chi connectivity index (χ2n) is 4.38. The van der Waals surface area contributed by atoms with Gasteiger partial charge in [-0.3, -0.25) is 0 Å². The summed E-state index contributed by atoms with van der Waals surface area (Å²) >= 11 is 0. The molecule has 4 nitrogen and oxygen atoms in total. The van der Waals surface area contributed by atoms with E-state index in [0.29, 0.717) is 19.8 Å². The van der Waals surface area contributed by atoms with Crippen molar-refractivity contribution in [2.75, 3.05) is 32.9 Å². The van der Waals surface area contributed by atoms with Crippen LogP contribution in [0.5, 0.6) is 0 Å². The Bertz CT molecular complexity index is 181. The van der Waals surface area contributed by atoms with Gasteiger partial charge in [-0.05, 0) is 52.6 Å². The number of rotatable bonds is 9. The van der Waals surface area contributed by atoms with Crippen molar-refractivity contribution >= 4 is 8.80 Å². The predicted octanol–water partition coefficient (Wildman–Crippen LogP) is 2.03. The summed E-state index contributed by atoms with van der Waals surface area (Å²) in [5.74, 6) is 0.767. The molecule has 5 heteroatoms. The maximum atomic E-state index is 5.84. The fraction of sp³-hybridized carbons (Fsp3) is 1.00. The van der Waals surface area contributed by atoms with Gasteiger partial charge in [0.2, 0.25) is 0 Å². The maximum Gasteiger partial charge on any atom is 0.500 e. The molecule has 0 spiro atoms. The van der Waals surface area contributed by atoms with E-state index in [0.717, 1.165) is 31.5 Å². The average molecular weight is 261 g/mol. The molecule has 1 heterocycles. The molecule has 1 saturated heterocycles. The highest BCUT2D eigenvalue weighted by atomic mass is 28.4. The van der Waals surface area contributed by atoms with Gasteiger partial charge in [0.15, 0.2) is 0 Å². The molecule has 0 aromatic carbocycles. The van der Waals surface area contributed by atoms with E-state index in [1.54, 1.807) is 0 Å². The van der Waals surface area contributed by atoms with Gasteiger partial charge in [0, 0.05) is 25.9 Å². The Hall–Kier alpha value is 0.0569. The first-order chi connectivity index (χ1) is 8.26. The fourth-order valence-corrected chi connectivity index (χ4v) is 5.11. The van der Waals surface area contributed by atoms with Crippen LogP contribution >= 0.6 is 0 Å². The van der Waals surface area contributed by atoms with Crippen LogP contribution in [-0.4, -0.2) is 41.7 Å². The van der Waals surface area contributed by atoms with Crippen LogP contribution in [0.15, 0.2) is 0 Å². The summed E-state index contributed by atoms with van der Waals surface area (Å²) in [6, 6.07) is 0.953. The summed E-state index contributed by atoms with van der Waals surface area (Å²) in [5, 5.41) is 3.40. The first-order valence-corrected chi connectivity index (χ1v) is 8.82. The molecule has 0 radical (unpaired) electrons. The molecule has 0 aromatic rings. The Morgan fingerprint density at radius 1 is 1.06 bits per heavy atom. The molecule has 0 saturated carbocycles. The number of hydrogen-bond donors (Lipinski definition) is 1. The third-order valence-corrected chi connectivity index (χ3v) is 6.20. The van der Waals surface area contributed by atoms with Crippen LogP contribution in [0.25, 0.3) is 0 Å². The van der Waals surface area contributed by atoms with Crippen molar-refractivity contribution in [2.45, 2.75) is 39.7 Å². The lowest BCUT2D eigenvalue weighted by Gasteiger charge is -2.29. The minimum atomic E-state index is -2.39. The zero-order valence-electron chi connectivity index (χ0n) is 11.5. The van der Waals surface area contributed by atoms with Crippen molar-refractivity contribution in [3.63, 3.8) is 0 Å². The van der Waals surface area contributed by atoms with Crippen LogP contribution in [0.2, 0.25) is 6.04 Å². The lowest BCUT2D eigenvalue weighted by Crippen LogP contribution is -2.46. The zero-order valence-corrected chi connectivity index (χ0v) is 12.5. The van der Waals surface area contributed by atoms with Crippen molar-refractivity contribution in [1.29, 1.82) is 0 Å². The number of nitrogens with one attached hydrogen (secondary N) is 1. The summed E-state index contributed by atoms with van der Waals surface area (Å²) in [7, 11) is -2.39. The van der Waals surface area contributed by atoms with Gasteiger partial charge in [0.25, 0.3) is 0 Å². The van der Waals surface area contributed by atoms with Crippen LogP contribution < -0.4 is 5.32 Å². The second-order valence-corrected chi connectivity index (χ2v) is 7.11. The van der Waals surface area contributed by atoms with E-state index in [1.165, 1.54) is 6.42 Å². The summed E-state index contributed by atoms with van der Waals surface area (Å²) in [6.07, 6.45) is 2.42. The summed E-state index contributed by atoms with van der Waals surface area (Å²) in [6.45, 7) is 10.3. The molecule has 0 bridgehead atoms. The number of hydrogen-bond acceptors (Lipinski definition) is 4. The van der Waals surface area contributed by atoms with E-state index in [4.69, 9.17) is 13.3 Å². The van der Waals surface area contributed by atoms with Gasteiger partial charge in [0.1, 0.15) is 0 Å². The van der Waals surface area contributed by atoms with E-state index in [-0.39, 0.29) is 0 Å². The summed E-state index contributed by atoms with van der Waals surface area (Å²) in [4.78, 5) is 0. The molecule has 1 atom stereocenters. The van der Waals surface area contributed by atoms with Gasteiger partial charge in [-0.15, -0.1) is 0 Å². The highest BCUT2D eigenvalue weighted by Crippen LogP contribution is 2.24. The smallest absolute Gasteiger partial charge is 0.374 e. The summed E-state index contributed by atoms with van der Waals surface area (Å²) in [5.41, 5.74) is 0. The van der Waals surface area contributed by atoms with Crippen LogP contribution in [0, 0.1) is 5.92 Å². The molecule has 1 N–H and O–H groups in total. The van der Waals surface area contributed by atoms with Gasteiger partial charge in [-0.2, -0.15) is 0 Å². The molecule has 0 amide bonds. The van der Waals surface area contributed by atoms with Crippen LogP contribution in [0.3, 0.4) is 0 Å². The van der Waals surface area contributed by atoms with E-state index in [2.05, 4.69) is 5.32 Å². The standard InChI is InChI=1S/C12H27NO3Si/c1-4-14-17(15-5-2,16-6-3)10-8-12-7-9-13-11-12/h12-13H,4-11H2,1-3H3. The molecular formula is C12H27NO3Si. The van der Waals surface area contributed by atoms with E-state index in [1.807, 2.05) is 20.8 Å². The van der Waals surface area contributed by atoms with E-state index < -0.39 is 8.80 Å². The minimum Gasteiger partial charge on any atom is -0.374 e. The van der Waals surface area contributed by atoms with Gasteiger partial charge in [-0.1, -0.05) is 0 Å². The molecule has 1 aliphatic heterocycles. The Morgan fingerprint density at radius 3 is 2.06 bits per heavy atom. The Kier molecular flexibility index (Phi) is 7.30. The van der Waals surface area contributed by atoms with Crippen molar-refractivity contribution in [2.24, 2.45) is 5.92 Å². The Morgan fingerprint density at radius 2 is 1.65 bits per heavy atom. The molecule has 17 heavy (non-hydrogen) atoms. The quantitative estimate of drug-likeness (QED) is 0.645. The van der Waals surface area contributed by atoms with Crippen molar-refractivity contribution < 1.29 is 13.3 Å². The molecule has 0 aliphatic carbocycles. The lowest BCUT2D eigenvalue weighted by molar-refractivity contribution is 0.0698. The topological polar surface area (TPSA) is 39.7 Å². The van der Waals surface area contributed by atoms with Crippen molar-refractivity contribution in [3.05, 3.63) is 0 Å². The molecule has 1 rings (SSSR count). The van der Waals surface area contributed by atoms with Gasteiger partial charge in [-0.25, -0.2) is 0 Å². The third kappa shape index (κ3) is 5.05. The fourth-order valence-electron chi connectivity index (χ4n) is 2.34. The first-order valence-electron chi connectivity index (χ1n) is 6.89. The molecule has 1 fully saturated rings. The van der Waals surface area contributed by atoms with E-state index in [9.17, 15) is 0 Å². The molecule has 102 valence electrons. The SMILES string of the molecule is CCO[Si](CCC1CCNC1)(OCC)OCC. The Balaban J connectivity index is 2.46. The second kappa shape index (κ2) is 8.21. The maximum absolute atomic E-state index is 5.84. The average Bonchev–Trinajstić information content (AvgIpc) is 2.80. The minimum absolute atomic E-state index is 0.676. The van der Waals surface area contributed by atoms with Crippen molar-refractivity contribution in [1.82, 2.24) is 5.32 Å². The van der Waals surface area contributed by atoms with E-state index >= 15 is 0 Å². The predicted molar refractivity (Wildman–Crippen MR) is 71.0 cm³/mol. The van der Waals surface area contributed by atoms with Crippen molar-refractivity contribution in [3.8, 4) is 0 Å². The molecule has 1 aliphatic rings. The monoisotopic (exact) mass is 261 g/mol. The summed E-state index contributed by atoms with van der Waals surface area (Å²) < 4.78 is 17.5. The zero-order chi connectivity index (χ0) is 12.6. The van der Waals surface area contributed by atoms with Gasteiger partial charge in [0.05, 0.1) is 0 Å². The highest BCUT2D eigenvalue weighted by molar-refractivity contribution is 6.60.